The first-order chi connectivity index (χ1) is 20.6. The second kappa shape index (κ2) is 13.6. The fourth-order valence-corrected chi connectivity index (χ4v) is 3.40. The lowest BCUT2D eigenvalue weighted by Crippen LogP contribution is -2.14. The molecular formula is C34H28F2O8. The summed E-state index contributed by atoms with van der Waals surface area (Å²) in [6.45, 7) is 19.5. The van der Waals surface area contributed by atoms with Gasteiger partial charge in [-0.25, -0.2) is 23.6 Å². The monoisotopic (exact) mass is 602 g/mol. The van der Waals surface area contributed by atoms with Crippen molar-refractivity contribution in [2.24, 2.45) is 0 Å². The number of rotatable bonds is 10. The Morgan fingerprint density at radius 1 is 0.500 bits per heavy atom. The molecule has 0 aliphatic carbocycles. The number of halogens is 2. The minimum absolute atomic E-state index is 0.0326. The predicted molar refractivity (Wildman–Crippen MR) is 159 cm³/mol. The van der Waals surface area contributed by atoms with Gasteiger partial charge in [0.05, 0.1) is 0 Å². The van der Waals surface area contributed by atoms with Crippen molar-refractivity contribution in [2.45, 2.75) is 27.7 Å². The lowest BCUT2D eigenvalue weighted by Gasteiger charge is -2.15. The maximum Gasteiger partial charge on any atom is 0.338 e. The molecule has 0 aliphatic heterocycles. The molecule has 3 aromatic rings. The molecule has 0 radical (unpaired) electrons. The van der Waals surface area contributed by atoms with Gasteiger partial charge >= 0.3 is 23.9 Å². The van der Waals surface area contributed by atoms with Crippen molar-refractivity contribution in [3.8, 4) is 45.3 Å². The summed E-state index contributed by atoms with van der Waals surface area (Å²) in [7, 11) is 0. The average molecular weight is 603 g/mol. The van der Waals surface area contributed by atoms with Crippen molar-refractivity contribution < 1.29 is 46.9 Å². The van der Waals surface area contributed by atoms with E-state index in [1.807, 2.05) is 0 Å². The Hall–Kier alpha value is -5.64. The van der Waals surface area contributed by atoms with Crippen LogP contribution in [-0.2, 0) is 19.2 Å². The highest BCUT2D eigenvalue weighted by Gasteiger charge is 2.26. The summed E-state index contributed by atoms with van der Waals surface area (Å²) in [6.07, 6.45) is 0. The number of ether oxygens (including phenoxy) is 4. The van der Waals surface area contributed by atoms with Crippen molar-refractivity contribution in [1.29, 1.82) is 0 Å². The van der Waals surface area contributed by atoms with Crippen LogP contribution in [0.15, 0.2) is 97.1 Å². The third kappa shape index (κ3) is 7.60. The number of esters is 4. The van der Waals surface area contributed by atoms with Crippen LogP contribution in [0.3, 0.4) is 0 Å². The van der Waals surface area contributed by atoms with Crippen LogP contribution in [0.1, 0.15) is 27.7 Å². The van der Waals surface area contributed by atoms with Crippen molar-refractivity contribution in [3.05, 3.63) is 109 Å². The van der Waals surface area contributed by atoms with Gasteiger partial charge in [-0.15, -0.1) is 0 Å². The van der Waals surface area contributed by atoms with Crippen LogP contribution in [0, 0.1) is 11.6 Å². The molecule has 0 bridgehead atoms. The minimum atomic E-state index is -1.56. The van der Waals surface area contributed by atoms with Gasteiger partial charge in [0.25, 0.3) is 0 Å². The van der Waals surface area contributed by atoms with E-state index in [-0.39, 0.29) is 44.9 Å². The summed E-state index contributed by atoms with van der Waals surface area (Å²) in [5.74, 6) is -7.97. The van der Waals surface area contributed by atoms with E-state index in [0.717, 1.165) is 6.07 Å². The molecule has 8 nitrogen and oxygen atoms in total. The van der Waals surface area contributed by atoms with Crippen LogP contribution < -0.4 is 18.9 Å². The lowest BCUT2D eigenvalue weighted by atomic mass is 9.99. The number of carbonyl (C=O) groups excluding carboxylic acids is 4. The Morgan fingerprint density at radius 2 is 0.909 bits per heavy atom. The molecule has 0 spiro atoms. The topological polar surface area (TPSA) is 105 Å². The Balaban J connectivity index is 2.06. The molecule has 0 atom stereocenters. The molecule has 0 aromatic heterocycles. The van der Waals surface area contributed by atoms with Gasteiger partial charge in [-0.2, -0.15) is 4.39 Å². The van der Waals surface area contributed by atoms with Gasteiger partial charge in [-0.3, -0.25) is 0 Å². The molecule has 226 valence electrons. The summed E-state index contributed by atoms with van der Waals surface area (Å²) in [4.78, 5) is 48.6. The Bertz CT molecular complexity index is 1750. The SMILES string of the molecule is C=C(C)C(=O)Oc1ccc(-c2ccc(-c3cc(OC(=O)C(=C)C)c(OC(=O)C(=C)C)c(F)c3F)cc2)cc1OC(=O)C(=C)C. The highest BCUT2D eigenvalue weighted by molar-refractivity contribution is 5.93. The Labute approximate surface area is 252 Å². The van der Waals surface area contributed by atoms with Crippen molar-refractivity contribution in [3.63, 3.8) is 0 Å². The zero-order valence-corrected chi connectivity index (χ0v) is 24.5. The molecule has 0 fully saturated rings. The maximum atomic E-state index is 15.3. The minimum Gasteiger partial charge on any atom is -0.419 e. The van der Waals surface area contributed by atoms with E-state index in [4.69, 9.17) is 18.9 Å². The van der Waals surface area contributed by atoms with E-state index in [1.165, 1.54) is 52.0 Å². The van der Waals surface area contributed by atoms with Crippen molar-refractivity contribution in [1.82, 2.24) is 0 Å². The smallest absolute Gasteiger partial charge is 0.338 e. The number of hydrogen-bond acceptors (Lipinski definition) is 8. The van der Waals surface area contributed by atoms with Crippen molar-refractivity contribution >= 4 is 23.9 Å². The van der Waals surface area contributed by atoms with Gasteiger partial charge in [0, 0.05) is 27.9 Å². The number of benzene rings is 3. The van der Waals surface area contributed by atoms with Gasteiger partial charge in [0.1, 0.15) is 0 Å². The first kappa shape index (κ1) is 32.9. The molecule has 0 amide bonds. The van der Waals surface area contributed by atoms with Gasteiger partial charge in [0.15, 0.2) is 23.1 Å². The third-order valence-corrected chi connectivity index (χ3v) is 5.80. The van der Waals surface area contributed by atoms with E-state index in [9.17, 15) is 19.2 Å². The molecule has 0 aliphatic rings. The summed E-state index contributed by atoms with van der Waals surface area (Å²) < 4.78 is 51.2. The van der Waals surface area contributed by atoms with E-state index in [0.29, 0.717) is 11.1 Å². The van der Waals surface area contributed by atoms with Crippen LogP contribution in [0.5, 0.6) is 23.0 Å². The Morgan fingerprint density at radius 3 is 1.41 bits per heavy atom. The van der Waals surface area contributed by atoms with Gasteiger partial charge in [-0.05, 0) is 62.6 Å². The van der Waals surface area contributed by atoms with Gasteiger partial charge in [0.2, 0.25) is 11.6 Å². The molecule has 10 heteroatoms. The predicted octanol–water partition coefficient (Wildman–Crippen LogP) is 7.22. The van der Waals surface area contributed by atoms with Crippen LogP contribution >= 0.6 is 0 Å². The van der Waals surface area contributed by atoms with Crippen LogP contribution in [0.2, 0.25) is 0 Å². The van der Waals surface area contributed by atoms with Crippen LogP contribution in [0.4, 0.5) is 8.78 Å². The zero-order valence-electron chi connectivity index (χ0n) is 24.5. The van der Waals surface area contributed by atoms with Crippen LogP contribution in [-0.4, -0.2) is 23.9 Å². The summed E-state index contributed by atoms with van der Waals surface area (Å²) in [6, 6.07) is 11.6. The summed E-state index contributed by atoms with van der Waals surface area (Å²) >= 11 is 0. The standard InChI is InChI=1S/C34H28F2O8/c1-17(2)31(37)41-25-14-13-23(15-26(25)42-32(38)18(3)4)21-9-11-22(12-10-21)24-16-27(43-33(39)19(5)6)30(29(36)28(24)35)44-34(40)20(7)8/h9-16H,1,3,5,7H2,2,4,6,8H3. The van der Waals surface area contributed by atoms with E-state index < -0.39 is 47.0 Å². The summed E-state index contributed by atoms with van der Waals surface area (Å²) in [5.41, 5.74) is 1.06. The fourth-order valence-electron chi connectivity index (χ4n) is 3.40. The van der Waals surface area contributed by atoms with E-state index in [2.05, 4.69) is 26.3 Å². The molecular weight excluding hydrogens is 574 g/mol. The van der Waals surface area contributed by atoms with Crippen LogP contribution in [0.25, 0.3) is 22.3 Å². The molecule has 0 saturated carbocycles. The first-order valence-corrected chi connectivity index (χ1v) is 12.9. The van der Waals surface area contributed by atoms with E-state index >= 15 is 8.78 Å². The zero-order chi connectivity index (χ0) is 32.9. The molecule has 0 saturated heterocycles. The van der Waals surface area contributed by atoms with Gasteiger partial charge in [-0.1, -0.05) is 56.6 Å². The first-order valence-electron chi connectivity index (χ1n) is 12.9. The molecule has 44 heavy (non-hydrogen) atoms. The molecule has 0 unspecified atom stereocenters. The molecule has 0 heterocycles. The maximum absolute atomic E-state index is 15.3. The van der Waals surface area contributed by atoms with Crippen molar-refractivity contribution in [2.75, 3.05) is 0 Å². The quantitative estimate of drug-likeness (QED) is 0.136. The normalized spacial score (nSPS) is 10.3. The largest absolute Gasteiger partial charge is 0.419 e. The van der Waals surface area contributed by atoms with Gasteiger partial charge < -0.3 is 18.9 Å². The molecule has 0 N–H and O–H groups in total. The average Bonchev–Trinajstić information content (AvgIpc) is 2.97. The number of carbonyl (C=O) groups is 4. The fraction of sp³-hybridized carbons (Fsp3) is 0.118. The summed E-state index contributed by atoms with van der Waals surface area (Å²) in [5, 5.41) is 0. The molecule has 3 rings (SSSR count). The van der Waals surface area contributed by atoms with E-state index in [1.54, 1.807) is 18.2 Å². The highest BCUT2D eigenvalue weighted by Crippen LogP contribution is 2.40. The number of hydrogen-bond donors (Lipinski definition) is 0. The highest BCUT2D eigenvalue weighted by atomic mass is 19.2. The Kier molecular flexibility index (Phi) is 10.1. The molecule has 3 aromatic carbocycles. The lowest BCUT2D eigenvalue weighted by molar-refractivity contribution is -0.132. The second-order valence-corrected chi connectivity index (χ2v) is 9.80. The second-order valence-electron chi connectivity index (χ2n) is 9.80. The third-order valence-electron chi connectivity index (χ3n) is 5.80.